The molecule has 3 rings (SSSR count). The number of rotatable bonds is 5. The third kappa shape index (κ3) is 3.64. The van der Waals surface area contributed by atoms with Crippen molar-refractivity contribution in [3.05, 3.63) is 18.5 Å². The van der Waals surface area contributed by atoms with Crippen molar-refractivity contribution in [2.24, 2.45) is 11.8 Å². The molecule has 1 amide bonds. The van der Waals surface area contributed by atoms with Gasteiger partial charge in [0.1, 0.15) is 0 Å². The van der Waals surface area contributed by atoms with Crippen LogP contribution in [0.2, 0.25) is 0 Å². The number of amides is 1. The first-order valence-corrected chi connectivity index (χ1v) is 8.23. The molecule has 21 heavy (non-hydrogen) atoms. The van der Waals surface area contributed by atoms with Crippen molar-refractivity contribution in [3.63, 3.8) is 0 Å². The molecule has 5 nitrogen and oxygen atoms in total. The van der Waals surface area contributed by atoms with Crippen LogP contribution < -0.4 is 10.6 Å². The first-order chi connectivity index (χ1) is 10.2. The summed E-state index contributed by atoms with van der Waals surface area (Å²) in [6.07, 6.45) is 9.93. The Morgan fingerprint density at radius 3 is 3.10 bits per heavy atom. The molecule has 0 aromatic carbocycles. The van der Waals surface area contributed by atoms with E-state index < -0.39 is 0 Å². The van der Waals surface area contributed by atoms with Crippen LogP contribution in [0.3, 0.4) is 0 Å². The lowest BCUT2D eigenvalue weighted by molar-refractivity contribution is -0.123. The first-order valence-electron chi connectivity index (χ1n) is 8.23. The van der Waals surface area contributed by atoms with E-state index in [0.717, 1.165) is 18.9 Å². The topological polar surface area (TPSA) is 59.0 Å². The molecule has 0 spiro atoms. The Balaban J connectivity index is 1.42. The van der Waals surface area contributed by atoms with E-state index in [1.165, 1.54) is 25.7 Å². The second-order valence-corrected chi connectivity index (χ2v) is 6.68. The number of nitrogens with one attached hydrogen (secondary N) is 2. The minimum atomic E-state index is 0.0232. The summed E-state index contributed by atoms with van der Waals surface area (Å²) in [4.78, 5) is 12.3. The Kier molecular flexibility index (Phi) is 4.58. The maximum Gasteiger partial charge on any atom is 0.237 e. The monoisotopic (exact) mass is 290 g/mol. The molecule has 2 fully saturated rings. The summed E-state index contributed by atoms with van der Waals surface area (Å²) in [5.74, 6) is 1.28. The van der Waals surface area contributed by atoms with Crippen molar-refractivity contribution in [1.29, 1.82) is 0 Å². The predicted octanol–water partition coefficient (Wildman–Crippen LogP) is 1.56. The van der Waals surface area contributed by atoms with E-state index >= 15 is 0 Å². The van der Waals surface area contributed by atoms with E-state index in [4.69, 9.17) is 0 Å². The molecule has 1 aromatic heterocycles. The number of carbonyl (C=O) groups excluding carboxylic acids is 1. The summed E-state index contributed by atoms with van der Waals surface area (Å²) in [6, 6.07) is 2.53. The van der Waals surface area contributed by atoms with Gasteiger partial charge in [0, 0.05) is 31.5 Å². The highest BCUT2D eigenvalue weighted by Crippen LogP contribution is 2.33. The minimum Gasteiger partial charge on any atom is -0.354 e. The zero-order valence-corrected chi connectivity index (χ0v) is 12.8. The summed E-state index contributed by atoms with van der Waals surface area (Å²) in [5, 5.41) is 10.8. The van der Waals surface area contributed by atoms with Gasteiger partial charge in [-0.15, -0.1) is 0 Å². The van der Waals surface area contributed by atoms with Gasteiger partial charge < -0.3 is 10.6 Å². The third-order valence-corrected chi connectivity index (χ3v) is 4.86. The Hall–Kier alpha value is -1.36. The lowest BCUT2D eigenvalue weighted by Gasteiger charge is -2.24. The Morgan fingerprint density at radius 1 is 1.48 bits per heavy atom. The van der Waals surface area contributed by atoms with Crippen LogP contribution >= 0.6 is 0 Å². The molecule has 2 N–H and O–H groups in total. The fourth-order valence-electron chi connectivity index (χ4n) is 3.71. The van der Waals surface area contributed by atoms with Gasteiger partial charge in [-0.25, -0.2) is 0 Å². The Labute approximate surface area is 126 Å². The van der Waals surface area contributed by atoms with E-state index in [-0.39, 0.29) is 11.9 Å². The number of hydrogen-bond acceptors (Lipinski definition) is 3. The lowest BCUT2D eigenvalue weighted by Crippen LogP contribution is -2.44. The van der Waals surface area contributed by atoms with Crippen molar-refractivity contribution >= 4 is 5.91 Å². The molecular weight excluding hydrogens is 264 g/mol. The minimum absolute atomic E-state index is 0.0232. The number of nitrogens with zero attached hydrogens (tertiary/aromatic N) is 2. The van der Waals surface area contributed by atoms with E-state index in [9.17, 15) is 4.79 Å². The van der Waals surface area contributed by atoms with Crippen LogP contribution in [0.5, 0.6) is 0 Å². The molecule has 4 atom stereocenters. The van der Waals surface area contributed by atoms with Crippen LogP contribution in [0.4, 0.5) is 0 Å². The summed E-state index contributed by atoms with van der Waals surface area (Å²) in [6.45, 7) is 3.70. The Bertz CT molecular complexity index is 445. The summed E-state index contributed by atoms with van der Waals surface area (Å²) in [5.41, 5.74) is 0. The normalized spacial score (nSPS) is 29.9. The maximum absolute atomic E-state index is 12.3. The maximum atomic E-state index is 12.3. The molecular formula is C16H26N4O. The second kappa shape index (κ2) is 6.60. The van der Waals surface area contributed by atoms with Crippen LogP contribution in [0.15, 0.2) is 18.5 Å². The molecule has 2 aliphatic rings. The quantitative estimate of drug-likeness (QED) is 0.865. The zero-order valence-electron chi connectivity index (χ0n) is 12.8. The van der Waals surface area contributed by atoms with Crippen molar-refractivity contribution in [1.82, 2.24) is 20.4 Å². The van der Waals surface area contributed by atoms with Gasteiger partial charge in [0.05, 0.1) is 6.04 Å². The number of aromatic nitrogens is 2. The van der Waals surface area contributed by atoms with Gasteiger partial charge in [0.15, 0.2) is 0 Å². The van der Waals surface area contributed by atoms with E-state index in [0.29, 0.717) is 18.5 Å². The van der Waals surface area contributed by atoms with E-state index in [1.807, 2.05) is 16.9 Å². The predicted molar refractivity (Wildman–Crippen MR) is 81.7 cm³/mol. The highest BCUT2D eigenvalue weighted by molar-refractivity contribution is 5.82. The Morgan fingerprint density at radius 2 is 2.33 bits per heavy atom. The van der Waals surface area contributed by atoms with Crippen LogP contribution in [-0.2, 0) is 11.3 Å². The molecule has 116 valence electrons. The number of carbonyl (C=O) groups is 1. The molecule has 2 heterocycles. The molecule has 4 unspecified atom stereocenters. The summed E-state index contributed by atoms with van der Waals surface area (Å²) >= 11 is 0. The standard InChI is InChI=1S/C16H26N4O/c1-12(11-20-8-4-7-18-20)10-17-16(21)15-9-13-5-2-3-6-14(13)19-15/h4,7-8,12-15,19H,2-3,5-6,9-11H2,1H3,(H,17,21). The molecule has 1 saturated heterocycles. The van der Waals surface area contributed by atoms with Gasteiger partial charge in [-0.1, -0.05) is 19.8 Å². The van der Waals surface area contributed by atoms with Crippen molar-refractivity contribution in [2.75, 3.05) is 6.54 Å². The van der Waals surface area contributed by atoms with Gasteiger partial charge in [0.25, 0.3) is 0 Å². The SMILES string of the molecule is CC(CNC(=O)C1CC2CCCCC2N1)Cn1cccn1. The van der Waals surface area contributed by atoms with Gasteiger partial charge in [-0.05, 0) is 37.2 Å². The highest BCUT2D eigenvalue weighted by atomic mass is 16.2. The van der Waals surface area contributed by atoms with E-state index in [2.05, 4.69) is 22.7 Å². The number of fused-ring (bicyclic) bond motifs is 1. The fourth-order valence-corrected chi connectivity index (χ4v) is 3.71. The second-order valence-electron chi connectivity index (χ2n) is 6.68. The molecule has 0 radical (unpaired) electrons. The molecule has 1 saturated carbocycles. The fraction of sp³-hybridized carbons (Fsp3) is 0.750. The van der Waals surface area contributed by atoms with Gasteiger partial charge in [0.2, 0.25) is 5.91 Å². The van der Waals surface area contributed by atoms with Crippen molar-refractivity contribution < 1.29 is 4.79 Å². The van der Waals surface area contributed by atoms with Crippen LogP contribution in [0, 0.1) is 11.8 Å². The summed E-state index contributed by atoms with van der Waals surface area (Å²) < 4.78 is 1.92. The van der Waals surface area contributed by atoms with Crippen molar-refractivity contribution in [2.45, 2.75) is 57.7 Å². The molecule has 5 heteroatoms. The lowest BCUT2D eigenvalue weighted by atomic mass is 9.85. The molecule has 1 aromatic rings. The summed E-state index contributed by atoms with van der Waals surface area (Å²) in [7, 11) is 0. The number of hydrogen-bond donors (Lipinski definition) is 2. The third-order valence-electron chi connectivity index (χ3n) is 4.86. The van der Waals surface area contributed by atoms with E-state index in [1.54, 1.807) is 6.20 Å². The largest absolute Gasteiger partial charge is 0.354 e. The first kappa shape index (κ1) is 14.6. The molecule has 1 aliphatic carbocycles. The van der Waals surface area contributed by atoms with Crippen LogP contribution in [0.25, 0.3) is 0 Å². The van der Waals surface area contributed by atoms with Crippen LogP contribution in [0.1, 0.15) is 39.0 Å². The van der Waals surface area contributed by atoms with Gasteiger partial charge in [-0.3, -0.25) is 9.48 Å². The van der Waals surface area contributed by atoms with Gasteiger partial charge >= 0.3 is 0 Å². The smallest absolute Gasteiger partial charge is 0.237 e. The average Bonchev–Trinajstić information content (AvgIpc) is 3.13. The highest BCUT2D eigenvalue weighted by Gasteiger charge is 2.38. The zero-order chi connectivity index (χ0) is 14.7. The molecule has 0 bridgehead atoms. The van der Waals surface area contributed by atoms with Crippen LogP contribution in [-0.4, -0.2) is 34.3 Å². The van der Waals surface area contributed by atoms with Gasteiger partial charge in [-0.2, -0.15) is 5.10 Å². The molecule has 1 aliphatic heterocycles. The average molecular weight is 290 g/mol. The van der Waals surface area contributed by atoms with Crippen molar-refractivity contribution in [3.8, 4) is 0 Å².